The first-order valence-electron chi connectivity index (χ1n) is 8.39. The van der Waals surface area contributed by atoms with Crippen LogP contribution in [0.1, 0.15) is 31.4 Å². The molecule has 0 atom stereocenters. The number of fused-ring (bicyclic) bond motifs is 2. The van der Waals surface area contributed by atoms with Crippen LogP contribution in [0.15, 0.2) is 66.2 Å². The largest absolute Gasteiger partial charge is 0.0625 e. The highest BCUT2D eigenvalue weighted by Gasteiger charge is 2.18. The molecule has 0 heteroatoms. The molecule has 3 aromatic carbocycles. The van der Waals surface area contributed by atoms with E-state index in [0.29, 0.717) is 5.92 Å². The van der Waals surface area contributed by atoms with Crippen LogP contribution in [0.25, 0.3) is 28.0 Å². The van der Waals surface area contributed by atoms with Gasteiger partial charge in [0.15, 0.2) is 0 Å². The first-order chi connectivity index (χ1) is 11.2. The molecule has 0 spiro atoms. The lowest BCUT2D eigenvalue weighted by Gasteiger charge is -2.11. The predicted octanol–water partition coefficient (Wildman–Crippen LogP) is 6.50. The summed E-state index contributed by atoms with van der Waals surface area (Å²) in [5, 5.41) is 2.63. The Morgan fingerprint density at radius 2 is 1.52 bits per heavy atom. The van der Waals surface area contributed by atoms with Crippen molar-refractivity contribution in [1.82, 2.24) is 0 Å². The predicted molar refractivity (Wildman–Crippen MR) is 100 cm³/mol. The molecule has 1 aliphatic rings. The molecule has 23 heavy (non-hydrogen) atoms. The van der Waals surface area contributed by atoms with Crippen molar-refractivity contribution in [3.63, 3.8) is 0 Å². The van der Waals surface area contributed by atoms with E-state index in [9.17, 15) is 0 Å². The third-order valence-electron chi connectivity index (χ3n) is 4.53. The van der Waals surface area contributed by atoms with Gasteiger partial charge in [0.1, 0.15) is 0 Å². The Labute approximate surface area is 138 Å². The van der Waals surface area contributed by atoms with E-state index in [4.69, 9.17) is 0 Å². The molecule has 0 aliphatic heterocycles. The minimum atomic E-state index is 0.688. The first-order valence-corrected chi connectivity index (χ1v) is 8.39. The van der Waals surface area contributed by atoms with Gasteiger partial charge in [-0.15, -0.1) is 0 Å². The van der Waals surface area contributed by atoms with Crippen molar-refractivity contribution in [3.8, 4) is 11.1 Å². The summed E-state index contributed by atoms with van der Waals surface area (Å²) in [5.41, 5.74) is 6.85. The number of allylic oxidation sites excluding steroid dienone is 1. The van der Waals surface area contributed by atoms with E-state index < -0.39 is 0 Å². The zero-order valence-corrected chi connectivity index (χ0v) is 13.7. The Hall–Kier alpha value is -2.34. The van der Waals surface area contributed by atoms with Gasteiger partial charge in [-0.2, -0.15) is 0 Å². The average Bonchev–Trinajstić information content (AvgIpc) is 2.95. The average molecular weight is 297 g/mol. The maximum atomic E-state index is 2.38. The lowest BCUT2D eigenvalue weighted by atomic mass is 9.93. The van der Waals surface area contributed by atoms with Crippen LogP contribution in [0.3, 0.4) is 0 Å². The summed E-state index contributed by atoms with van der Waals surface area (Å²) in [6, 6.07) is 21.9. The van der Waals surface area contributed by atoms with Crippen LogP contribution in [-0.2, 0) is 0 Å². The molecule has 0 amide bonds. The van der Waals surface area contributed by atoms with Crippen molar-refractivity contribution in [3.05, 3.63) is 83.8 Å². The fourth-order valence-electron chi connectivity index (χ4n) is 3.58. The molecule has 0 bridgehead atoms. The highest BCUT2D eigenvalue weighted by atomic mass is 14.2. The molecule has 0 aromatic heterocycles. The molecule has 113 valence electrons. The monoisotopic (exact) mass is 297 g/mol. The van der Waals surface area contributed by atoms with Gasteiger partial charge in [-0.05, 0) is 45.4 Å². The Balaban J connectivity index is 1.88. The first kappa shape index (κ1) is 14.3. The zero-order chi connectivity index (χ0) is 15.8. The van der Waals surface area contributed by atoms with E-state index in [1.807, 2.05) is 0 Å². The fourth-order valence-corrected chi connectivity index (χ4v) is 3.58. The van der Waals surface area contributed by atoms with E-state index in [2.05, 4.69) is 87.0 Å². The number of benzene rings is 3. The zero-order valence-electron chi connectivity index (χ0n) is 13.7. The number of hydrogen-bond acceptors (Lipinski definition) is 0. The third kappa shape index (κ3) is 2.59. The summed E-state index contributed by atoms with van der Waals surface area (Å²) in [6.45, 7) is 4.56. The molecule has 0 saturated heterocycles. The van der Waals surface area contributed by atoms with Crippen LogP contribution < -0.4 is 0 Å². The molecular weight excluding hydrogens is 276 g/mol. The Kier molecular flexibility index (Phi) is 3.53. The summed E-state index contributed by atoms with van der Waals surface area (Å²) in [6.07, 6.45) is 5.88. The van der Waals surface area contributed by atoms with Gasteiger partial charge in [0, 0.05) is 6.42 Å². The van der Waals surface area contributed by atoms with Crippen molar-refractivity contribution in [2.24, 2.45) is 5.92 Å². The van der Waals surface area contributed by atoms with Crippen LogP contribution in [0.2, 0.25) is 0 Å². The summed E-state index contributed by atoms with van der Waals surface area (Å²) in [5.74, 6) is 0.688. The second-order valence-corrected chi connectivity index (χ2v) is 6.80. The minimum absolute atomic E-state index is 0.688. The van der Waals surface area contributed by atoms with E-state index >= 15 is 0 Å². The standard InChI is InChI=1S/C23H21/c1-16(2)13-17-14-19-9-6-12-22(23(19)15-17)21-11-5-8-18-7-3-4-10-20(18)21/h3-12,14-16H,13H2,1-2H3. The molecule has 0 unspecified atom stereocenters. The maximum Gasteiger partial charge on any atom is 0.0164 e. The molecule has 0 nitrogen and oxygen atoms in total. The van der Waals surface area contributed by atoms with Crippen molar-refractivity contribution < 1.29 is 0 Å². The second kappa shape index (κ2) is 5.70. The van der Waals surface area contributed by atoms with E-state index in [1.165, 1.54) is 38.6 Å². The Morgan fingerprint density at radius 1 is 0.783 bits per heavy atom. The third-order valence-corrected chi connectivity index (χ3v) is 4.53. The van der Waals surface area contributed by atoms with Gasteiger partial charge in [0.05, 0.1) is 0 Å². The smallest absolute Gasteiger partial charge is 0.0164 e. The Morgan fingerprint density at radius 3 is 2.39 bits per heavy atom. The Bertz CT molecular complexity index is 892. The van der Waals surface area contributed by atoms with Crippen LogP contribution >= 0.6 is 0 Å². The molecule has 0 fully saturated rings. The van der Waals surface area contributed by atoms with Crippen LogP contribution in [0, 0.1) is 12.3 Å². The normalized spacial score (nSPS) is 13.4. The van der Waals surface area contributed by atoms with Gasteiger partial charge >= 0.3 is 0 Å². The molecule has 0 saturated carbocycles. The van der Waals surface area contributed by atoms with Gasteiger partial charge in [0.2, 0.25) is 0 Å². The summed E-state index contributed by atoms with van der Waals surface area (Å²) in [7, 11) is 0. The number of hydrogen-bond donors (Lipinski definition) is 0. The summed E-state index contributed by atoms with van der Waals surface area (Å²) in [4.78, 5) is 0. The molecular formula is C23H21. The van der Waals surface area contributed by atoms with Crippen molar-refractivity contribution >= 4 is 16.8 Å². The molecule has 0 N–H and O–H groups in total. The summed E-state index contributed by atoms with van der Waals surface area (Å²) >= 11 is 0. The highest BCUT2D eigenvalue weighted by Crippen LogP contribution is 2.39. The quantitative estimate of drug-likeness (QED) is 0.517. The number of rotatable bonds is 3. The van der Waals surface area contributed by atoms with Gasteiger partial charge in [-0.1, -0.05) is 86.2 Å². The lowest BCUT2D eigenvalue weighted by molar-refractivity contribution is 0.649. The molecule has 1 radical (unpaired) electrons. The van der Waals surface area contributed by atoms with Gasteiger partial charge in [-0.3, -0.25) is 0 Å². The van der Waals surface area contributed by atoms with Crippen LogP contribution in [-0.4, -0.2) is 0 Å². The van der Waals surface area contributed by atoms with E-state index in [-0.39, 0.29) is 0 Å². The second-order valence-electron chi connectivity index (χ2n) is 6.80. The molecule has 3 aromatic rings. The molecule has 4 rings (SSSR count). The topological polar surface area (TPSA) is 0 Å². The van der Waals surface area contributed by atoms with E-state index in [0.717, 1.165) is 6.42 Å². The molecule has 0 heterocycles. The van der Waals surface area contributed by atoms with Crippen LogP contribution in [0.5, 0.6) is 0 Å². The molecule has 1 aliphatic carbocycles. The minimum Gasteiger partial charge on any atom is -0.0625 e. The van der Waals surface area contributed by atoms with Crippen LogP contribution in [0.4, 0.5) is 0 Å². The van der Waals surface area contributed by atoms with Gasteiger partial charge < -0.3 is 0 Å². The van der Waals surface area contributed by atoms with E-state index in [1.54, 1.807) is 0 Å². The van der Waals surface area contributed by atoms with Crippen molar-refractivity contribution in [2.75, 3.05) is 0 Å². The lowest BCUT2D eigenvalue weighted by Crippen LogP contribution is -1.90. The fraction of sp³-hybridized carbons (Fsp3) is 0.174. The highest BCUT2D eigenvalue weighted by molar-refractivity contribution is 5.99. The SMILES string of the molecule is CC(C)CC1=Cc2c(cccc2-c2cccc3ccccc23)[CH]1. The van der Waals surface area contributed by atoms with Gasteiger partial charge in [-0.25, -0.2) is 0 Å². The van der Waals surface area contributed by atoms with Crippen molar-refractivity contribution in [2.45, 2.75) is 20.3 Å². The maximum absolute atomic E-state index is 2.38. The van der Waals surface area contributed by atoms with Crippen molar-refractivity contribution in [1.29, 1.82) is 0 Å². The van der Waals surface area contributed by atoms with Gasteiger partial charge in [0.25, 0.3) is 0 Å². The summed E-state index contributed by atoms with van der Waals surface area (Å²) < 4.78 is 0.